The fraction of sp³-hybridized carbons (Fsp3) is 0.333. The first-order valence-corrected chi connectivity index (χ1v) is 8.72. The summed E-state index contributed by atoms with van der Waals surface area (Å²) in [5.41, 5.74) is 1.53. The number of benzene rings is 1. The predicted octanol–water partition coefficient (Wildman–Crippen LogP) is 1.38. The molecule has 0 spiro atoms. The molecule has 1 heterocycles. The minimum atomic E-state index is -3.77. The number of nitrogens with one attached hydrogen (secondary N) is 1. The van der Waals surface area contributed by atoms with Crippen molar-refractivity contribution in [3.63, 3.8) is 0 Å². The highest BCUT2D eigenvalue weighted by atomic mass is 32.2. The standard InChI is InChI=1S/C15H16N2O5S/c18-15(19)11-6-10-2-1-3-13(10)14(7-11)23(20,21)17-5-4-12-8-16-9-22-12/h6-9,17H,1-5H2,(H,18,19). The van der Waals surface area contributed by atoms with Gasteiger partial charge < -0.3 is 9.52 Å². The van der Waals surface area contributed by atoms with Crippen molar-refractivity contribution in [3.05, 3.63) is 47.2 Å². The molecule has 0 saturated carbocycles. The summed E-state index contributed by atoms with van der Waals surface area (Å²) >= 11 is 0. The van der Waals surface area contributed by atoms with Gasteiger partial charge in [-0.2, -0.15) is 0 Å². The summed E-state index contributed by atoms with van der Waals surface area (Å²) in [4.78, 5) is 15.1. The molecule has 0 radical (unpaired) electrons. The number of aryl methyl sites for hydroxylation is 1. The second-order valence-electron chi connectivity index (χ2n) is 5.39. The number of carboxylic acids is 1. The Hall–Kier alpha value is -2.19. The molecule has 1 aromatic carbocycles. The molecule has 8 heteroatoms. The Labute approximate surface area is 133 Å². The number of carboxylic acid groups (broad SMARTS) is 1. The Balaban J connectivity index is 1.85. The second kappa shape index (κ2) is 6.13. The third-order valence-electron chi connectivity index (χ3n) is 3.86. The molecular weight excluding hydrogens is 320 g/mol. The first-order valence-electron chi connectivity index (χ1n) is 7.23. The molecule has 1 aromatic heterocycles. The van der Waals surface area contributed by atoms with Crippen molar-refractivity contribution in [2.45, 2.75) is 30.6 Å². The Kier molecular flexibility index (Phi) is 4.18. The molecular formula is C15H16N2O5S. The monoisotopic (exact) mass is 336 g/mol. The Morgan fingerprint density at radius 2 is 2.17 bits per heavy atom. The van der Waals surface area contributed by atoms with Gasteiger partial charge in [0.25, 0.3) is 0 Å². The van der Waals surface area contributed by atoms with Gasteiger partial charge in [-0.05, 0) is 42.5 Å². The van der Waals surface area contributed by atoms with E-state index in [0.717, 1.165) is 17.5 Å². The zero-order valence-corrected chi connectivity index (χ0v) is 13.1. The Bertz CT molecular complexity index is 828. The molecule has 23 heavy (non-hydrogen) atoms. The van der Waals surface area contributed by atoms with E-state index in [0.29, 0.717) is 25.0 Å². The summed E-state index contributed by atoms with van der Waals surface area (Å²) in [7, 11) is -3.77. The van der Waals surface area contributed by atoms with Crippen LogP contribution < -0.4 is 4.72 Å². The van der Waals surface area contributed by atoms with Gasteiger partial charge in [0, 0.05) is 13.0 Å². The number of fused-ring (bicyclic) bond motifs is 1. The number of aromatic nitrogens is 1. The minimum Gasteiger partial charge on any atom is -0.478 e. The van der Waals surface area contributed by atoms with Gasteiger partial charge in [-0.3, -0.25) is 0 Å². The summed E-state index contributed by atoms with van der Waals surface area (Å²) in [6.07, 6.45) is 5.37. The van der Waals surface area contributed by atoms with Crippen LogP contribution in [0.4, 0.5) is 0 Å². The summed E-state index contributed by atoms with van der Waals surface area (Å²) in [5, 5.41) is 9.17. The van der Waals surface area contributed by atoms with Crippen LogP contribution in [0.3, 0.4) is 0 Å². The van der Waals surface area contributed by atoms with Gasteiger partial charge in [-0.1, -0.05) is 0 Å². The molecule has 0 bridgehead atoms. The number of aromatic carboxylic acids is 1. The van der Waals surface area contributed by atoms with E-state index < -0.39 is 16.0 Å². The lowest BCUT2D eigenvalue weighted by Gasteiger charge is -2.12. The topological polar surface area (TPSA) is 110 Å². The molecule has 2 aromatic rings. The number of oxazole rings is 1. The second-order valence-corrected chi connectivity index (χ2v) is 7.12. The van der Waals surface area contributed by atoms with E-state index in [-0.39, 0.29) is 17.0 Å². The summed E-state index contributed by atoms with van der Waals surface area (Å²) in [6, 6.07) is 2.81. The molecule has 1 aliphatic carbocycles. The smallest absolute Gasteiger partial charge is 0.335 e. The molecule has 0 unspecified atom stereocenters. The molecule has 3 rings (SSSR count). The average molecular weight is 336 g/mol. The maximum Gasteiger partial charge on any atom is 0.335 e. The molecule has 7 nitrogen and oxygen atoms in total. The van der Waals surface area contributed by atoms with Gasteiger partial charge >= 0.3 is 5.97 Å². The molecule has 0 saturated heterocycles. The maximum absolute atomic E-state index is 12.5. The van der Waals surface area contributed by atoms with E-state index in [1.54, 1.807) is 6.07 Å². The van der Waals surface area contributed by atoms with E-state index >= 15 is 0 Å². The lowest BCUT2D eigenvalue weighted by Crippen LogP contribution is -2.27. The number of carbonyl (C=O) groups is 1. The highest BCUT2D eigenvalue weighted by Crippen LogP contribution is 2.30. The normalized spacial score (nSPS) is 13.9. The fourth-order valence-corrected chi connectivity index (χ4v) is 4.15. The fourth-order valence-electron chi connectivity index (χ4n) is 2.78. The van der Waals surface area contributed by atoms with Crippen molar-refractivity contribution in [1.82, 2.24) is 9.71 Å². The van der Waals surface area contributed by atoms with Crippen molar-refractivity contribution in [2.75, 3.05) is 6.54 Å². The van der Waals surface area contributed by atoms with Crippen LogP contribution in [-0.4, -0.2) is 31.0 Å². The number of sulfonamides is 1. The van der Waals surface area contributed by atoms with Crippen molar-refractivity contribution < 1.29 is 22.7 Å². The third kappa shape index (κ3) is 3.27. The number of rotatable bonds is 6. The number of nitrogens with zero attached hydrogens (tertiary/aromatic N) is 1. The van der Waals surface area contributed by atoms with Gasteiger partial charge in [0.05, 0.1) is 16.7 Å². The molecule has 0 fully saturated rings. The summed E-state index contributed by atoms with van der Waals surface area (Å²) < 4.78 is 32.6. The van der Waals surface area contributed by atoms with Crippen LogP contribution in [0, 0.1) is 0 Å². The molecule has 0 atom stereocenters. The largest absolute Gasteiger partial charge is 0.478 e. The first-order chi connectivity index (χ1) is 11.0. The molecule has 2 N–H and O–H groups in total. The lowest BCUT2D eigenvalue weighted by molar-refractivity contribution is 0.0696. The van der Waals surface area contributed by atoms with Crippen LogP contribution in [0.15, 0.2) is 34.0 Å². The van der Waals surface area contributed by atoms with Gasteiger partial charge in [0.15, 0.2) is 6.39 Å². The quantitative estimate of drug-likeness (QED) is 0.825. The highest BCUT2D eigenvalue weighted by molar-refractivity contribution is 7.89. The maximum atomic E-state index is 12.5. The lowest BCUT2D eigenvalue weighted by atomic mass is 10.1. The highest BCUT2D eigenvalue weighted by Gasteiger charge is 2.25. The summed E-state index contributed by atoms with van der Waals surface area (Å²) in [6.45, 7) is 0.156. The number of hydrogen-bond acceptors (Lipinski definition) is 5. The van der Waals surface area contributed by atoms with E-state index in [1.807, 2.05) is 0 Å². The van der Waals surface area contributed by atoms with Crippen LogP contribution in [0.5, 0.6) is 0 Å². The van der Waals surface area contributed by atoms with E-state index in [2.05, 4.69) is 9.71 Å². The number of hydrogen-bond donors (Lipinski definition) is 2. The third-order valence-corrected chi connectivity index (χ3v) is 5.39. The SMILES string of the molecule is O=C(O)c1cc2c(c(S(=O)(=O)NCCc3cnco3)c1)CCC2. The molecule has 122 valence electrons. The Morgan fingerprint density at radius 1 is 1.35 bits per heavy atom. The minimum absolute atomic E-state index is 0.00117. The predicted molar refractivity (Wildman–Crippen MR) is 80.8 cm³/mol. The molecule has 0 aliphatic heterocycles. The van der Waals surface area contributed by atoms with Crippen LogP contribution >= 0.6 is 0 Å². The van der Waals surface area contributed by atoms with Crippen LogP contribution in [-0.2, 0) is 29.3 Å². The van der Waals surface area contributed by atoms with Gasteiger partial charge in [-0.15, -0.1) is 0 Å². The van der Waals surface area contributed by atoms with Gasteiger partial charge in [0.1, 0.15) is 5.76 Å². The van der Waals surface area contributed by atoms with Crippen LogP contribution in [0.1, 0.15) is 33.7 Å². The molecule has 1 aliphatic rings. The van der Waals surface area contributed by atoms with Crippen molar-refractivity contribution in [1.29, 1.82) is 0 Å². The molecule has 0 amide bonds. The average Bonchev–Trinajstić information content (AvgIpc) is 3.16. The first kappa shape index (κ1) is 15.7. The zero-order valence-electron chi connectivity index (χ0n) is 12.3. The van der Waals surface area contributed by atoms with Crippen LogP contribution in [0.25, 0.3) is 0 Å². The van der Waals surface area contributed by atoms with E-state index in [1.165, 1.54) is 18.7 Å². The van der Waals surface area contributed by atoms with Crippen molar-refractivity contribution >= 4 is 16.0 Å². The van der Waals surface area contributed by atoms with Crippen molar-refractivity contribution in [3.8, 4) is 0 Å². The van der Waals surface area contributed by atoms with E-state index in [4.69, 9.17) is 4.42 Å². The van der Waals surface area contributed by atoms with Gasteiger partial charge in [-0.25, -0.2) is 22.9 Å². The van der Waals surface area contributed by atoms with Crippen molar-refractivity contribution in [2.24, 2.45) is 0 Å². The van der Waals surface area contributed by atoms with Crippen LogP contribution in [0.2, 0.25) is 0 Å². The summed E-state index contributed by atoms with van der Waals surface area (Å²) in [5.74, 6) is -0.546. The zero-order chi connectivity index (χ0) is 16.4. The van der Waals surface area contributed by atoms with Gasteiger partial charge in [0.2, 0.25) is 10.0 Å². The van der Waals surface area contributed by atoms with E-state index in [9.17, 15) is 18.3 Å². The Morgan fingerprint density at radius 3 is 2.87 bits per heavy atom.